The van der Waals surface area contributed by atoms with Crippen LogP contribution in [-0.4, -0.2) is 74.2 Å². The van der Waals surface area contributed by atoms with Gasteiger partial charge in [0.1, 0.15) is 5.54 Å². The average molecular weight is 297 g/mol. The van der Waals surface area contributed by atoms with Crippen molar-refractivity contribution in [1.29, 1.82) is 0 Å². The highest BCUT2D eigenvalue weighted by Gasteiger charge is 2.52. The highest BCUT2D eigenvalue weighted by molar-refractivity contribution is 5.82. The first kappa shape index (κ1) is 16.7. The number of nitrogens with zero attached hydrogens (tertiary/aromatic N) is 2. The minimum absolute atomic E-state index is 0.0983. The van der Waals surface area contributed by atoms with Crippen molar-refractivity contribution in [3.05, 3.63) is 0 Å². The fraction of sp³-hybridized carbons (Fsp3) is 0.938. The van der Waals surface area contributed by atoms with Gasteiger partial charge in [0, 0.05) is 19.1 Å². The van der Waals surface area contributed by atoms with E-state index < -0.39 is 5.54 Å². The monoisotopic (exact) mass is 297 g/mol. The van der Waals surface area contributed by atoms with Crippen LogP contribution in [0.5, 0.6) is 0 Å². The van der Waals surface area contributed by atoms with Crippen LogP contribution in [0.2, 0.25) is 0 Å². The van der Waals surface area contributed by atoms with E-state index in [1.165, 1.54) is 13.5 Å². The molecule has 2 unspecified atom stereocenters. The Kier molecular flexibility index (Phi) is 5.63. The molecule has 2 fully saturated rings. The Balaban J connectivity index is 2.00. The number of rotatable bonds is 8. The van der Waals surface area contributed by atoms with Gasteiger partial charge < -0.3 is 10.1 Å². The minimum Gasteiger partial charge on any atom is -0.468 e. The third-order valence-corrected chi connectivity index (χ3v) is 5.32. The second kappa shape index (κ2) is 7.07. The standard InChI is InChI=1S/C16H31N3O2/c1-5-19(6-2)14-9-10-18(11-14)12-16(17-3,13-7-8-13)15(20)21-4/h13-14,17H,5-12H2,1-4H3. The van der Waals surface area contributed by atoms with E-state index in [9.17, 15) is 4.79 Å². The molecule has 21 heavy (non-hydrogen) atoms. The van der Waals surface area contributed by atoms with Gasteiger partial charge in [-0.1, -0.05) is 13.8 Å². The summed E-state index contributed by atoms with van der Waals surface area (Å²) >= 11 is 0. The molecule has 2 rings (SSSR count). The number of carbonyl (C=O) groups excluding carboxylic acids is 1. The van der Waals surface area contributed by atoms with Crippen molar-refractivity contribution in [2.75, 3.05) is 46.9 Å². The first-order valence-electron chi connectivity index (χ1n) is 8.35. The zero-order chi connectivity index (χ0) is 15.5. The molecular formula is C16H31N3O2. The first-order chi connectivity index (χ1) is 10.1. The van der Waals surface area contributed by atoms with Crippen LogP contribution in [0, 0.1) is 5.92 Å². The lowest BCUT2D eigenvalue weighted by Gasteiger charge is -2.35. The van der Waals surface area contributed by atoms with E-state index in [-0.39, 0.29) is 5.97 Å². The Morgan fingerprint density at radius 3 is 2.48 bits per heavy atom. The van der Waals surface area contributed by atoms with Gasteiger partial charge in [0.05, 0.1) is 7.11 Å². The van der Waals surface area contributed by atoms with Gasteiger partial charge in [0.25, 0.3) is 0 Å². The number of likely N-dealkylation sites (tertiary alicyclic amines) is 1. The Hall–Kier alpha value is -0.650. The van der Waals surface area contributed by atoms with Gasteiger partial charge in [-0.2, -0.15) is 0 Å². The summed E-state index contributed by atoms with van der Waals surface area (Å²) in [5, 5.41) is 3.30. The van der Waals surface area contributed by atoms with Crippen molar-refractivity contribution in [3.8, 4) is 0 Å². The summed E-state index contributed by atoms with van der Waals surface area (Å²) in [5.41, 5.74) is -0.507. The summed E-state index contributed by atoms with van der Waals surface area (Å²) in [6, 6.07) is 0.631. The molecule has 5 nitrogen and oxygen atoms in total. The van der Waals surface area contributed by atoms with Gasteiger partial charge in [-0.3, -0.25) is 9.80 Å². The van der Waals surface area contributed by atoms with E-state index in [0.29, 0.717) is 12.0 Å². The third kappa shape index (κ3) is 3.41. The van der Waals surface area contributed by atoms with Crippen molar-refractivity contribution < 1.29 is 9.53 Å². The Morgan fingerprint density at radius 2 is 2.00 bits per heavy atom. The zero-order valence-corrected chi connectivity index (χ0v) is 14.0. The molecule has 1 saturated heterocycles. The molecule has 0 aromatic rings. The summed E-state index contributed by atoms with van der Waals surface area (Å²) in [6.45, 7) is 9.57. The van der Waals surface area contributed by atoms with E-state index in [1.54, 1.807) is 0 Å². The number of ether oxygens (including phenoxy) is 1. The Bertz CT molecular complexity index is 355. The van der Waals surface area contributed by atoms with Crippen molar-refractivity contribution in [3.63, 3.8) is 0 Å². The summed E-state index contributed by atoms with van der Waals surface area (Å²) < 4.78 is 5.10. The molecule has 0 amide bonds. The fourth-order valence-corrected chi connectivity index (χ4v) is 3.85. The number of likely N-dealkylation sites (N-methyl/N-ethyl adjacent to an activating group) is 2. The van der Waals surface area contributed by atoms with Crippen molar-refractivity contribution in [1.82, 2.24) is 15.1 Å². The molecule has 1 heterocycles. The lowest BCUT2D eigenvalue weighted by molar-refractivity contribution is -0.150. The van der Waals surface area contributed by atoms with E-state index in [1.807, 2.05) is 7.05 Å². The van der Waals surface area contributed by atoms with Crippen LogP contribution in [0.3, 0.4) is 0 Å². The Morgan fingerprint density at radius 1 is 1.33 bits per heavy atom. The van der Waals surface area contributed by atoms with Crippen molar-refractivity contribution in [2.45, 2.75) is 44.7 Å². The number of nitrogens with one attached hydrogen (secondary N) is 1. The van der Waals surface area contributed by atoms with Gasteiger partial charge in [0.15, 0.2) is 0 Å². The quantitative estimate of drug-likeness (QED) is 0.676. The van der Waals surface area contributed by atoms with Crippen LogP contribution in [0.1, 0.15) is 33.1 Å². The largest absolute Gasteiger partial charge is 0.468 e. The molecule has 0 spiro atoms. The first-order valence-corrected chi connectivity index (χ1v) is 8.35. The maximum Gasteiger partial charge on any atom is 0.327 e. The van der Waals surface area contributed by atoms with E-state index >= 15 is 0 Å². The van der Waals surface area contributed by atoms with Crippen LogP contribution < -0.4 is 5.32 Å². The van der Waals surface area contributed by atoms with Crippen LogP contribution in [0.15, 0.2) is 0 Å². The molecule has 1 saturated carbocycles. The maximum absolute atomic E-state index is 12.3. The highest BCUT2D eigenvalue weighted by atomic mass is 16.5. The van der Waals surface area contributed by atoms with Gasteiger partial charge in [-0.05, 0) is 51.9 Å². The topological polar surface area (TPSA) is 44.8 Å². The minimum atomic E-state index is -0.507. The Labute approximate surface area is 129 Å². The number of hydrogen-bond acceptors (Lipinski definition) is 5. The smallest absolute Gasteiger partial charge is 0.327 e. The molecule has 0 aromatic carbocycles. The van der Waals surface area contributed by atoms with Crippen molar-refractivity contribution in [2.24, 2.45) is 5.92 Å². The summed E-state index contributed by atoms with van der Waals surface area (Å²) in [6.07, 6.45) is 3.46. The zero-order valence-electron chi connectivity index (χ0n) is 14.0. The second-order valence-electron chi connectivity index (χ2n) is 6.39. The van der Waals surface area contributed by atoms with Crippen LogP contribution in [-0.2, 0) is 9.53 Å². The molecule has 1 N–H and O–H groups in total. The third-order valence-electron chi connectivity index (χ3n) is 5.32. The number of hydrogen-bond donors (Lipinski definition) is 1. The van der Waals surface area contributed by atoms with Crippen LogP contribution in [0.25, 0.3) is 0 Å². The van der Waals surface area contributed by atoms with Gasteiger partial charge in [-0.15, -0.1) is 0 Å². The van der Waals surface area contributed by atoms with E-state index in [4.69, 9.17) is 4.74 Å². The number of carbonyl (C=O) groups is 1. The second-order valence-corrected chi connectivity index (χ2v) is 6.39. The van der Waals surface area contributed by atoms with E-state index in [0.717, 1.165) is 45.6 Å². The predicted octanol–water partition coefficient (Wildman–Crippen LogP) is 0.944. The molecule has 1 aliphatic carbocycles. The molecule has 0 aromatic heterocycles. The lowest BCUT2D eigenvalue weighted by Crippen LogP contribution is -2.60. The van der Waals surface area contributed by atoms with Gasteiger partial charge in [-0.25, -0.2) is 4.79 Å². The van der Waals surface area contributed by atoms with Gasteiger partial charge >= 0.3 is 5.97 Å². The molecule has 2 atom stereocenters. The molecule has 2 aliphatic rings. The molecule has 5 heteroatoms. The highest BCUT2D eigenvalue weighted by Crippen LogP contribution is 2.41. The molecule has 1 aliphatic heterocycles. The summed E-state index contributed by atoms with van der Waals surface area (Å²) in [5.74, 6) is 0.334. The number of esters is 1. The molecule has 0 bridgehead atoms. The average Bonchev–Trinajstić information content (AvgIpc) is 3.27. The van der Waals surface area contributed by atoms with Crippen LogP contribution in [0.4, 0.5) is 0 Å². The molecule has 122 valence electrons. The van der Waals surface area contributed by atoms with Gasteiger partial charge in [0.2, 0.25) is 0 Å². The fourth-order valence-electron chi connectivity index (χ4n) is 3.85. The number of methoxy groups -OCH3 is 1. The maximum atomic E-state index is 12.3. The van der Waals surface area contributed by atoms with Crippen molar-refractivity contribution >= 4 is 5.97 Å². The molecule has 0 radical (unpaired) electrons. The summed E-state index contributed by atoms with van der Waals surface area (Å²) in [4.78, 5) is 17.3. The lowest BCUT2D eigenvalue weighted by atomic mass is 9.92. The molecular weight excluding hydrogens is 266 g/mol. The normalized spacial score (nSPS) is 26.0. The van der Waals surface area contributed by atoms with Crippen LogP contribution >= 0.6 is 0 Å². The predicted molar refractivity (Wildman–Crippen MR) is 84.3 cm³/mol. The van der Waals surface area contributed by atoms with E-state index in [2.05, 4.69) is 29.0 Å². The summed E-state index contributed by atoms with van der Waals surface area (Å²) in [7, 11) is 3.40. The SMILES string of the molecule is CCN(CC)C1CCN(CC(NC)(C(=O)OC)C2CC2)C1.